The first-order chi connectivity index (χ1) is 11.8. The van der Waals surface area contributed by atoms with E-state index in [2.05, 4.69) is 56.8 Å². The highest BCUT2D eigenvalue weighted by Crippen LogP contribution is 2.31. The number of benzene rings is 1. The zero-order valence-electron chi connectivity index (χ0n) is 14.5. The number of aromatic nitrogens is 2. The first-order valence-electron chi connectivity index (χ1n) is 8.79. The second kappa shape index (κ2) is 6.53. The third-order valence-corrected chi connectivity index (χ3v) is 5.26. The van der Waals surface area contributed by atoms with Crippen molar-refractivity contribution >= 4 is 22.4 Å². The molecule has 0 amide bonds. The van der Waals surface area contributed by atoms with Gasteiger partial charge in [-0.25, -0.2) is 9.97 Å². The summed E-state index contributed by atoms with van der Waals surface area (Å²) in [6.45, 7) is 8.86. The summed E-state index contributed by atoms with van der Waals surface area (Å²) in [5.74, 6) is 1.07. The molecule has 2 aromatic rings. The highest BCUT2D eigenvalue weighted by Gasteiger charge is 2.31. The molecule has 0 N–H and O–H groups in total. The fourth-order valence-electron chi connectivity index (χ4n) is 3.47. The molecule has 1 aromatic carbocycles. The molecule has 4 rings (SSSR count). The predicted molar refractivity (Wildman–Crippen MR) is 96.9 cm³/mol. The van der Waals surface area contributed by atoms with Crippen LogP contribution in [-0.4, -0.2) is 73.9 Å². The van der Waals surface area contributed by atoms with Crippen LogP contribution in [0.3, 0.4) is 0 Å². The van der Waals surface area contributed by atoms with E-state index in [1.54, 1.807) is 6.33 Å². The summed E-state index contributed by atoms with van der Waals surface area (Å²) in [6, 6.07) is 7.14. The van der Waals surface area contributed by atoms with Crippen molar-refractivity contribution in [2.75, 3.05) is 62.8 Å². The second-order valence-electron chi connectivity index (χ2n) is 6.63. The van der Waals surface area contributed by atoms with Crippen molar-refractivity contribution in [1.82, 2.24) is 14.9 Å². The van der Waals surface area contributed by atoms with Crippen LogP contribution < -0.4 is 9.80 Å². The molecule has 6 nitrogen and oxygen atoms in total. The molecule has 0 bridgehead atoms. The van der Waals surface area contributed by atoms with E-state index in [4.69, 9.17) is 4.74 Å². The van der Waals surface area contributed by atoms with E-state index in [9.17, 15) is 0 Å². The summed E-state index contributed by atoms with van der Waals surface area (Å²) in [6.07, 6.45) is 1.68. The molecule has 2 fully saturated rings. The Morgan fingerprint density at radius 2 is 1.96 bits per heavy atom. The summed E-state index contributed by atoms with van der Waals surface area (Å²) >= 11 is 0. The number of fused-ring (bicyclic) bond motifs is 1. The van der Waals surface area contributed by atoms with Gasteiger partial charge in [0.15, 0.2) is 0 Å². The van der Waals surface area contributed by atoms with Crippen LogP contribution in [0.1, 0.15) is 6.92 Å². The first-order valence-corrected chi connectivity index (χ1v) is 8.79. The van der Waals surface area contributed by atoms with E-state index in [0.717, 1.165) is 62.7 Å². The largest absolute Gasteiger partial charge is 0.378 e. The van der Waals surface area contributed by atoms with Crippen molar-refractivity contribution in [1.29, 1.82) is 0 Å². The zero-order valence-corrected chi connectivity index (χ0v) is 14.5. The lowest BCUT2D eigenvalue weighted by Gasteiger charge is -2.44. The van der Waals surface area contributed by atoms with E-state index in [-0.39, 0.29) is 0 Å². The highest BCUT2D eigenvalue weighted by molar-refractivity contribution is 5.92. The molecule has 0 spiro atoms. The van der Waals surface area contributed by atoms with Gasteiger partial charge in [-0.05, 0) is 31.8 Å². The number of likely N-dealkylation sites (N-methyl/N-ethyl adjacent to an activating group) is 1. The van der Waals surface area contributed by atoms with Gasteiger partial charge in [0.05, 0.1) is 18.7 Å². The van der Waals surface area contributed by atoms with Gasteiger partial charge in [-0.15, -0.1) is 0 Å². The Balaban J connectivity index is 1.61. The Morgan fingerprint density at radius 1 is 1.17 bits per heavy atom. The lowest BCUT2D eigenvalue weighted by molar-refractivity contribution is 0.122. The summed E-state index contributed by atoms with van der Waals surface area (Å²) < 4.78 is 5.46. The van der Waals surface area contributed by atoms with Gasteiger partial charge in [0, 0.05) is 43.3 Å². The summed E-state index contributed by atoms with van der Waals surface area (Å²) in [5, 5.41) is 1.15. The zero-order chi connectivity index (χ0) is 16.5. The number of anilines is 2. The first kappa shape index (κ1) is 15.6. The average Bonchev–Trinajstić information content (AvgIpc) is 2.61. The van der Waals surface area contributed by atoms with Crippen LogP contribution >= 0.6 is 0 Å². The summed E-state index contributed by atoms with van der Waals surface area (Å²) in [4.78, 5) is 16.2. The molecule has 2 saturated heterocycles. The maximum absolute atomic E-state index is 5.46. The second-order valence-corrected chi connectivity index (χ2v) is 6.63. The van der Waals surface area contributed by atoms with Crippen LogP contribution in [0.25, 0.3) is 10.9 Å². The number of ether oxygens (including phenoxy) is 1. The minimum absolute atomic E-state index is 0.627. The Kier molecular flexibility index (Phi) is 4.24. The maximum Gasteiger partial charge on any atom is 0.140 e. The Hall–Kier alpha value is -1.92. The molecule has 0 saturated carbocycles. The Labute approximate surface area is 143 Å². The average molecular weight is 327 g/mol. The molecular formula is C18H25N5O. The molecule has 2 aliphatic heterocycles. The Morgan fingerprint density at radius 3 is 2.71 bits per heavy atom. The number of hydrogen-bond donors (Lipinski definition) is 0. The maximum atomic E-state index is 5.46. The molecule has 3 heterocycles. The molecule has 0 atom stereocenters. The van der Waals surface area contributed by atoms with Crippen molar-refractivity contribution in [3.63, 3.8) is 0 Å². The van der Waals surface area contributed by atoms with E-state index in [1.165, 1.54) is 5.69 Å². The van der Waals surface area contributed by atoms with E-state index in [0.29, 0.717) is 6.04 Å². The van der Waals surface area contributed by atoms with Crippen LogP contribution in [-0.2, 0) is 4.74 Å². The standard InChI is InChI=1S/C18H25N5O/c1-3-21(2)15-11-23(12-15)18-16-10-14(22-6-8-24-9-7-22)4-5-17(16)19-13-20-18/h4-5,10,13,15H,3,6-9,11-12H2,1-2H3. The van der Waals surface area contributed by atoms with Gasteiger partial charge in [0.1, 0.15) is 12.1 Å². The number of rotatable bonds is 4. The van der Waals surface area contributed by atoms with Crippen LogP contribution in [0, 0.1) is 0 Å². The van der Waals surface area contributed by atoms with E-state index < -0.39 is 0 Å². The monoisotopic (exact) mass is 327 g/mol. The molecule has 6 heteroatoms. The fraction of sp³-hybridized carbons (Fsp3) is 0.556. The molecule has 0 radical (unpaired) electrons. The molecule has 24 heavy (non-hydrogen) atoms. The lowest BCUT2D eigenvalue weighted by atomic mass is 10.1. The van der Waals surface area contributed by atoms with Crippen molar-refractivity contribution in [3.8, 4) is 0 Å². The predicted octanol–water partition coefficient (Wildman–Crippen LogP) is 1.61. The Bertz CT molecular complexity index is 710. The topological polar surface area (TPSA) is 44.7 Å². The molecule has 2 aliphatic rings. The lowest BCUT2D eigenvalue weighted by Crippen LogP contribution is -2.58. The molecule has 0 aliphatic carbocycles. The van der Waals surface area contributed by atoms with Crippen LogP contribution in [0.5, 0.6) is 0 Å². The van der Waals surface area contributed by atoms with Gasteiger partial charge in [0.2, 0.25) is 0 Å². The van der Waals surface area contributed by atoms with E-state index >= 15 is 0 Å². The number of morpholine rings is 1. The van der Waals surface area contributed by atoms with Crippen LogP contribution in [0.15, 0.2) is 24.5 Å². The van der Waals surface area contributed by atoms with Crippen molar-refractivity contribution in [2.45, 2.75) is 13.0 Å². The molecular weight excluding hydrogens is 302 g/mol. The van der Waals surface area contributed by atoms with Gasteiger partial charge in [-0.3, -0.25) is 0 Å². The minimum atomic E-state index is 0.627. The number of hydrogen-bond acceptors (Lipinski definition) is 6. The summed E-state index contributed by atoms with van der Waals surface area (Å²) in [7, 11) is 2.19. The van der Waals surface area contributed by atoms with Crippen LogP contribution in [0.2, 0.25) is 0 Å². The van der Waals surface area contributed by atoms with Gasteiger partial charge in [-0.1, -0.05) is 6.92 Å². The SMILES string of the molecule is CCN(C)C1CN(c2ncnc3ccc(N4CCOCC4)cc23)C1. The van der Waals surface area contributed by atoms with Crippen molar-refractivity contribution in [2.24, 2.45) is 0 Å². The fourth-order valence-corrected chi connectivity index (χ4v) is 3.47. The quantitative estimate of drug-likeness (QED) is 0.850. The van der Waals surface area contributed by atoms with Gasteiger partial charge in [-0.2, -0.15) is 0 Å². The summed E-state index contributed by atoms with van der Waals surface area (Å²) in [5.41, 5.74) is 2.26. The highest BCUT2D eigenvalue weighted by atomic mass is 16.5. The smallest absolute Gasteiger partial charge is 0.140 e. The van der Waals surface area contributed by atoms with Crippen LogP contribution in [0.4, 0.5) is 11.5 Å². The number of nitrogens with zero attached hydrogens (tertiary/aromatic N) is 5. The normalized spacial score (nSPS) is 19.1. The minimum Gasteiger partial charge on any atom is -0.378 e. The van der Waals surface area contributed by atoms with E-state index in [1.807, 2.05) is 0 Å². The van der Waals surface area contributed by atoms with Crippen molar-refractivity contribution in [3.05, 3.63) is 24.5 Å². The third kappa shape index (κ3) is 2.80. The third-order valence-electron chi connectivity index (χ3n) is 5.26. The molecule has 0 unspecified atom stereocenters. The van der Waals surface area contributed by atoms with Gasteiger partial charge < -0.3 is 19.4 Å². The van der Waals surface area contributed by atoms with Gasteiger partial charge >= 0.3 is 0 Å². The molecule has 128 valence electrons. The van der Waals surface area contributed by atoms with Gasteiger partial charge in [0.25, 0.3) is 0 Å². The molecule has 1 aromatic heterocycles. The van der Waals surface area contributed by atoms with Crippen molar-refractivity contribution < 1.29 is 4.74 Å².